The lowest BCUT2D eigenvalue weighted by Gasteiger charge is -1.99. The quantitative estimate of drug-likeness (QED) is 0.770. The van der Waals surface area contributed by atoms with Gasteiger partial charge < -0.3 is 20.0 Å². The molecule has 114 valence electrons. The van der Waals surface area contributed by atoms with Gasteiger partial charge >= 0.3 is 6.09 Å². The summed E-state index contributed by atoms with van der Waals surface area (Å²) in [6.45, 7) is 4.23. The fraction of sp³-hybridized carbons (Fsp3) is 0.267. The topological polar surface area (TPSA) is 107 Å². The number of nitrogens with one attached hydrogen (secondary N) is 1. The van der Waals surface area contributed by atoms with E-state index in [1.165, 1.54) is 0 Å². The van der Waals surface area contributed by atoms with E-state index in [1.807, 2.05) is 12.1 Å². The average Bonchev–Trinajstić information content (AvgIpc) is 3.03. The molecule has 0 fully saturated rings. The van der Waals surface area contributed by atoms with E-state index in [4.69, 9.17) is 15.0 Å². The van der Waals surface area contributed by atoms with Gasteiger partial charge in [0.2, 0.25) is 5.76 Å². The smallest absolute Gasteiger partial charge is 0.408 e. The van der Waals surface area contributed by atoms with E-state index in [-0.39, 0.29) is 0 Å². The molecule has 1 aromatic carbocycles. The Balaban J connectivity index is 1.98. The summed E-state index contributed by atoms with van der Waals surface area (Å²) in [6.07, 6.45) is -0.0457. The van der Waals surface area contributed by atoms with Crippen molar-refractivity contribution < 1.29 is 14.1 Å². The van der Waals surface area contributed by atoms with Crippen LogP contribution in [0.15, 0.2) is 28.8 Å². The third-order valence-corrected chi connectivity index (χ3v) is 3.10. The van der Waals surface area contributed by atoms with Crippen LogP contribution in [0.2, 0.25) is 0 Å². The van der Waals surface area contributed by atoms with Gasteiger partial charge in [-0.1, -0.05) is 25.1 Å². The van der Waals surface area contributed by atoms with Gasteiger partial charge in [-0.3, -0.25) is 0 Å². The maximum absolute atomic E-state index is 10.9. The summed E-state index contributed by atoms with van der Waals surface area (Å²) < 4.78 is 10.3. The molecule has 0 bridgehead atoms. The molecule has 0 aliphatic heterocycles. The summed E-state index contributed by atoms with van der Waals surface area (Å²) in [4.78, 5) is 18.5. The van der Waals surface area contributed by atoms with Crippen molar-refractivity contribution in [3.8, 4) is 17.3 Å². The van der Waals surface area contributed by atoms with E-state index in [0.29, 0.717) is 28.8 Å². The van der Waals surface area contributed by atoms with Crippen LogP contribution in [0, 0.1) is 5.92 Å². The van der Waals surface area contributed by atoms with Crippen LogP contribution in [-0.4, -0.2) is 21.2 Å². The zero-order chi connectivity index (χ0) is 15.7. The summed E-state index contributed by atoms with van der Waals surface area (Å²) in [5.41, 5.74) is 7.16. The van der Waals surface area contributed by atoms with E-state index in [2.05, 4.69) is 29.0 Å². The number of imidazole rings is 1. The zero-order valence-electron chi connectivity index (χ0n) is 12.3. The molecular weight excluding hydrogens is 284 g/mol. The summed E-state index contributed by atoms with van der Waals surface area (Å²) in [5.74, 6) is 1.86. The number of carbonyl (C=O) groups is 1. The van der Waals surface area contributed by atoms with E-state index in [0.717, 1.165) is 17.6 Å². The van der Waals surface area contributed by atoms with Gasteiger partial charge in [0.05, 0.1) is 11.2 Å². The highest BCUT2D eigenvalue weighted by atomic mass is 16.5. The standard InChI is InChI=1S/C15H16N4O3/c1-8(2)6-9-7-12(22-19-9)14-17-10-4-3-5-11(13(10)18-14)21-15(16)20/h3-5,7-8H,6H2,1-2H3,(H2,16,20)(H,17,18). The molecule has 2 aromatic heterocycles. The fourth-order valence-electron chi connectivity index (χ4n) is 2.25. The molecule has 3 rings (SSSR count). The minimum absolute atomic E-state index is 0.300. The molecule has 7 nitrogen and oxygen atoms in total. The largest absolute Gasteiger partial charge is 0.410 e. The van der Waals surface area contributed by atoms with Gasteiger partial charge in [-0.2, -0.15) is 0 Å². The number of primary amides is 1. The van der Waals surface area contributed by atoms with Crippen LogP contribution in [-0.2, 0) is 6.42 Å². The van der Waals surface area contributed by atoms with Crippen LogP contribution < -0.4 is 10.5 Å². The SMILES string of the molecule is CC(C)Cc1cc(-c2nc3c(OC(N)=O)cccc3[nH]2)on1. The van der Waals surface area contributed by atoms with Crippen molar-refractivity contribution in [1.82, 2.24) is 15.1 Å². The molecule has 2 heterocycles. The monoisotopic (exact) mass is 300 g/mol. The highest BCUT2D eigenvalue weighted by Crippen LogP contribution is 2.27. The molecule has 0 radical (unpaired) electrons. The van der Waals surface area contributed by atoms with Crippen LogP contribution in [0.25, 0.3) is 22.6 Å². The van der Waals surface area contributed by atoms with Gasteiger partial charge in [0, 0.05) is 6.07 Å². The average molecular weight is 300 g/mol. The second-order valence-electron chi connectivity index (χ2n) is 5.44. The summed E-state index contributed by atoms with van der Waals surface area (Å²) >= 11 is 0. The maximum Gasteiger partial charge on any atom is 0.410 e. The second kappa shape index (κ2) is 5.51. The Morgan fingerprint density at radius 2 is 2.27 bits per heavy atom. The summed E-state index contributed by atoms with van der Waals surface area (Å²) in [6, 6.07) is 7.05. The number of rotatable bonds is 4. The Morgan fingerprint density at radius 1 is 1.45 bits per heavy atom. The van der Waals surface area contributed by atoms with Crippen molar-refractivity contribution in [3.05, 3.63) is 30.0 Å². The first-order chi connectivity index (χ1) is 10.5. The fourth-order valence-corrected chi connectivity index (χ4v) is 2.25. The number of fused-ring (bicyclic) bond motifs is 1. The van der Waals surface area contributed by atoms with Gasteiger partial charge in [0.1, 0.15) is 5.52 Å². The predicted molar refractivity (Wildman–Crippen MR) is 80.3 cm³/mol. The number of aromatic nitrogens is 3. The van der Waals surface area contributed by atoms with Gasteiger partial charge in [-0.25, -0.2) is 9.78 Å². The van der Waals surface area contributed by atoms with Crippen molar-refractivity contribution in [1.29, 1.82) is 0 Å². The Hall–Kier alpha value is -2.83. The molecule has 0 spiro atoms. The molecule has 3 N–H and O–H groups in total. The highest BCUT2D eigenvalue weighted by molar-refractivity contribution is 5.86. The lowest BCUT2D eigenvalue weighted by molar-refractivity contribution is 0.211. The number of benzene rings is 1. The Bertz CT molecular complexity index is 819. The molecule has 0 aliphatic carbocycles. The molecule has 0 atom stereocenters. The third-order valence-electron chi connectivity index (χ3n) is 3.10. The van der Waals surface area contributed by atoms with Crippen LogP contribution in [0.4, 0.5) is 4.79 Å². The summed E-state index contributed by atoms with van der Waals surface area (Å²) in [7, 11) is 0. The van der Waals surface area contributed by atoms with Gasteiger partial charge in [-0.15, -0.1) is 0 Å². The number of hydrogen-bond acceptors (Lipinski definition) is 5. The van der Waals surface area contributed by atoms with Crippen LogP contribution in [0.5, 0.6) is 5.75 Å². The third kappa shape index (κ3) is 2.78. The first kappa shape index (κ1) is 14.1. The van der Waals surface area contributed by atoms with E-state index in [9.17, 15) is 4.79 Å². The van der Waals surface area contributed by atoms with Crippen LogP contribution in [0.3, 0.4) is 0 Å². The molecule has 3 aromatic rings. The number of nitrogens with two attached hydrogens (primary N) is 1. The zero-order valence-corrected chi connectivity index (χ0v) is 12.3. The van der Waals surface area contributed by atoms with Crippen molar-refractivity contribution >= 4 is 17.1 Å². The van der Waals surface area contributed by atoms with Gasteiger partial charge in [0.25, 0.3) is 0 Å². The number of nitrogens with zero attached hydrogens (tertiary/aromatic N) is 2. The Labute approximate surface area is 126 Å². The molecule has 0 saturated carbocycles. The van der Waals surface area contributed by atoms with Crippen molar-refractivity contribution in [3.63, 3.8) is 0 Å². The minimum Gasteiger partial charge on any atom is -0.408 e. The van der Waals surface area contributed by atoms with Crippen molar-refractivity contribution in [2.75, 3.05) is 0 Å². The predicted octanol–water partition coefficient (Wildman–Crippen LogP) is 2.87. The molecular formula is C15H16N4O3. The van der Waals surface area contributed by atoms with Crippen molar-refractivity contribution in [2.24, 2.45) is 11.7 Å². The second-order valence-corrected chi connectivity index (χ2v) is 5.44. The molecule has 1 amide bonds. The lowest BCUT2D eigenvalue weighted by atomic mass is 10.1. The van der Waals surface area contributed by atoms with Crippen LogP contribution in [0.1, 0.15) is 19.5 Å². The normalized spacial score (nSPS) is 11.2. The van der Waals surface area contributed by atoms with Crippen LogP contribution >= 0.6 is 0 Å². The number of H-pyrrole nitrogens is 1. The number of amides is 1. The Morgan fingerprint density at radius 3 is 3.00 bits per heavy atom. The molecule has 0 saturated heterocycles. The van der Waals surface area contributed by atoms with E-state index < -0.39 is 6.09 Å². The number of carbonyl (C=O) groups excluding carboxylic acids is 1. The number of hydrogen-bond donors (Lipinski definition) is 2. The van der Waals surface area contributed by atoms with Gasteiger partial charge in [0.15, 0.2) is 11.6 Å². The minimum atomic E-state index is -0.879. The summed E-state index contributed by atoms with van der Waals surface area (Å²) in [5, 5.41) is 4.03. The lowest BCUT2D eigenvalue weighted by Crippen LogP contribution is -2.16. The number of para-hydroxylation sites is 1. The number of aromatic amines is 1. The highest BCUT2D eigenvalue weighted by Gasteiger charge is 2.15. The van der Waals surface area contributed by atoms with E-state index in [1.54, 1.807) is 12.1 Å². The van der Waals surface area contributed by atoms with E-state index >= 15 is 0 Å². The molecule has 0 aliphatic rings. The molecule has 22 heavy (non-hydrogen) atoms. The Kier molecular flexibility index (Phi) is 3.54. The molecule has 7 heteroatoms. The molecule has 0 unspecified atom stereocenters. The van der Waals surface area contributed by atoms with Crippen molar-refractivity contribution in [2.45, 2.75) is 20.3 Å². The first-order valence-electron chi connectivity index (χ1n) is 6.95. The maximum atomic E-state index is 10.9. The van der Waals surface area contributed by atoms with Gasteiger partial charge in [-0.05, 0) is 24.5 Å². The first-order valence-corrected chi connectivity index (χ1v) is 6.95. The number of ether oxygens (including phenoxy) is 1.